The molecule has 0 N–H and O–H groups in total. The van der Waals surface area contributed by atoms with Crippen LogP contribution in [0, 0.1) is 0 Å². The van der Waals surface area contributed by atoms with Crippen LogP contribution < -0.4 is 0 Å². The Hall–Kier alpha value is -1.52. The Balaban J connectivity index is 4.07. The minimum Gasteiger partial charge on any atom is -0.425 e. The van der Waals surface area contributed by atoms with E-state index in [1.54, 1.807) is 26.8 Å². The Labute approximate surface area is 89.0 Å². The van der Waals surface area contributed by atoms with Crippen molar-refractivity contribution in [3.8, 4) is 0 Å². The van der Waals surface area contributed by atoms with Crippen molar-refractivity contribution >= 4 is 12.1 Å². The summed E-state index contributed by atoms with van der Waals surface area (Å²) in [6.45, 7) is 6.32. The molecule has 0 saturated heterocycles. The van der Waals surface area contributed by atoms with E-state index in [4.69, 9.17) is 14.2 Å². The maximum absolute atomic E-state index is 11.1. The van der Waals surface area contributed by atoms with Crippen molar-refractivity contribution in [1.29, 1.82) is 0 Å². The highest BCUT2D eigenvalue weighted by molar-refractivity contribution is 5.66. The quantitative estimate of drug-likeness (QED) is 0.410. The fraction of sp³-hybridized carbons (Fsp3) is 0.600. The van der Waals surface area contributed by atoms with Gasteiger partial charge in [-0.1, -0.05) is 6.92 Å². The Morgan fingerprint density at radius 3 is 2.27 bits per heavy atom. The van der Waals surface area contributed by atoms with E-state index < -0.39 is 18.4 Å². The standard InChI is InChI=1S/C10H16O5/c1-5-7(3)13-10(12)15-9(6-2)14-8(4)11/h5,9H,6H2,1-4H3/b7-5-/t9-/m1/s1. The van der Waals surface area contributed by atoms with Crippen LogP contribution in [0.25, 0.3) is 0 Å². The van der Waals surface area contributed by atoms with E-state index in [0.717, 1.165) is 0 Å². The lowest BCUT2D eigenvalue weighted by Gasteiger charge is -2.15. The first kappa shape index (κ1) is 13.5. The number of hydrogen-bond donors (Lipinski definition) is 0. The van der Waals surface area contributed by atoms with Crippen molar-refractivity contribution in [3.05, 3.63) is 11.8 Å². The van der Waals surface area contributed by atoms with Crippen molar-refractivity contribution < 1.29 is 23.8 Å². The maximum atomic E-state index is 11.1. The molecule has 0 aromatic heterocycles. The van der Waals surface area contributed by atoms with E-state index >= 15 is 0 Å². The van der Waals surface area contributed by atoms with Gasteiger partial charge in [0.15, 0.2) is 0 Å². The lowest BCUT2D eigenvalue weighted by molar-refractivity contribution is -0.168. The fourth-order valence-electron chi connectivity index (χ4n) is 0.698. The van der Waals surface area contributed by atoms with Crippen LogP contribution >= 0.6 is 0 Å². The van der Waals surface area contributed by atoms with Gasteiger partial charge in [0.05, 0.1) is 0 Å². The average Bonchev–Trinajstić information content (AvgIpc) is 2.15. The van der Waals surface area contributed by atoms with Crippen LogP contribution in [-0.4, -0.2) is 18.4 Å². The van der Waals surface area contributed by atoms with Crippen LogP contribution in [0.1, 0.15) is 34.1 Å². The number of carbonyl (C=O) groups excluding carboxylic acids is 2. The summed E-state index contributed by atoms with van der Waals surface area (Å²) in [5, 5.41) is 0. The largest absolute Gasteiger partial charge is 0.516 e. The summed E-state index contributed by atoms with van der Waals surface area (Å²) in [4.78, 5) is 21.7. The van der Waals surface area contributed by atoms with Crippen LogP contribution in [0.15, 0.2) is 11.8 Å². The first-order valence-electron chi connectivity index (χ1n) is 4.68. The van der Waals surface area contributed by atoms with Gasteiger partial charge in [0.25, 0.3) is 6.29 Å². The predicted molar refractivity (Wildman–Crippen MR) is 52.8 cm³/mol. The Morgan fingerprint density at radius 2 is 1.87 bits per heavy atom. The van der Waals surface area contributed by atoms with Gasteiger partial charge in [0.1, 0.15) is 5.76 Å². The summed E-state index contributed by atoms with van der Waals surface area (Å²) < 4.78 is 14.2. The zero-order chi connectivity index (χ0) is 11.8. The van der Waals surface area contributed by atoms with E-state index in [1.165, 1.54) is 6.92 Å². The van der Waals surface area contributed by atoms with Gasteiger partial charge in [-0.05, 0) is 19.9 Å². The summed E-state index contributed by atoms with van der Waals surface area (Å²) in [5.41, 5.74) is 0. The molecular formula is C10H16O5. The van der Waals surface area contributed by atoms with E-state index in [2.05, 4.69) is 0 Å². The van der Waals surface area contributed by atoms with Gasteiger partial charge in [-0.25, -0.2) is 4.79 Å². The molecule has 0 aliphatic rings. The smallest absolute Gasteiger partial charge is 0.425 e. The zero-order valence-corrected chi connectivity index (χ0v) is 9.40. The van der Waals surface area contributed by atoms with Crippen LogP contribution in [0.5, 0.6) is 0 Å². The second-order valence-electron chi connectivity index (χ2n) is 2.82. The topological polar surface area (TPSA) is 61.8 Å². The van der Waals surface area contributed by atoms with E-state index in [1.807, 2.05) is 0 Å². The molecule has 5 nitrogen and oxygen atoms in total. The van der Waals surface area contributed by atoms with Crippen molar-refractivity contribution in [2.24, 2.45) is 0 Å². The van der Waals surface area contributed by atoms with Crippen LogP contribution in [-0.2, 0) is 19.0 Å². The van der Waals surface area contributed by atoms with E-state index in [9.17, 15) is 9.59 Å². The van der Waals surface area contributed by atoms with Gasteiger partial charge in [0.2, 0.25) is 0 Å². The summed E-state index contributed by atoms with van der Waals surface area (Å²) >= 11 is 0. The number of rotatable bonds is 4. The molecule has 86 valence electrons. The highest BCUT2D eigenvalue weighted by Crippen LogP contribution is 2.05. The van der Waals surface area contributed by atoms with E-state index in [-0.39, 0.29) is 0 Å². The molecule has 0 aromatic carbocycles. The fourth-order valence-corrected chi connectivity index (χ4v) is 0.698. The van der Waals surface area contributed by atoms with Gasteiger partial charge < -0.3 is 14.2 Å². The van der Waals surface area contributed by atoms with Crippen molar-refractivity contribution in [3.63, 3.8) is 0 Å². The summed E-state index contributed by atoms with van der Waals surface area (Å²) in [6.07, 6.45) is 0.232. The van der Waals surface area contributed by atoms with Gasteiger partial charge in [0, 0.05) is 13.3 Å². The molecule has 0 rings (SSSR count). The van der Waals surface area contributed by atoms with Gasteiger partial charge in [-0.3, -0.25) is 4.79 Å². The molecule has 0 aromatic rings. The summed E-state index contributed by atoms with van der Waals surface area (Å²) in [6, 6.07) is 0. The molecule has 0 aliphatic heterocycles. The van der Waals surface area contributed by atoms with Crippen molar-refractivity contribution in [2.75, 3.05) is 0 Å². The minimum atomic E-state index is -0.889. The minimum absolute atomic E-state index is 0.379. The SMILES string of the molecule is C/C=C(/C)OC(=O)O[C@H](CC)OC(C)=O. The number of allylic oxidation sites excluding steroid dienone is 2. The molecule has 15 heavy (non-hydrogen) atoms. The van der Waals surface area contributed by atoms with Gasteiger partial charge >= 0.3 is 12.1 Å². The van der Waals surface area contributed by atoms with Crippen molar-refractivity contribution in [1.82, 2.24) is 0 Å². The number of ether oxygens (including phenoxy) is 3. The Bertz CT molecular complexity index is 257. The Morgan fingerprint density at radius 1 is 1.27 bits per heavy atom. The predicted octanol–water partition coefficient (Wildman–Crippen LogP) is 2.36. The van der Waals surface area contributed by atoms with Gasteiger partial charge in [-0.2, -0.15) is 0 Å². The third-order valence-corrected chi connectivity index (χ3v) is 1.51. The molecule has 0 amide bonds. The molecule has 0 heterocycles. The summed E-state index contributed by atoms with van der Waals surface area (Å²) in [7, 11) is 0. The third-order valence-electron chi connectivity index (χ3n) is 1.51. The van der Waals surface area contributed by atoms with Crippen LogP contribution in [0.4, 0.5) is 4.79 Å². The number of carbonyl (C=O) groups is 2. The highest BCUT2D eigenvalue weighted by atomic mass is 16.8. The molecule has 0 fully saturated rings. The number of hydrogen-bond acceptors (Lipinski definition) is 5. The second-order valence-corrected chi connectivity index (χ2v) is 2.82. The third kappa shape index (κ3) is 6.54. The van der Waals surface area contributed by atoms with Crippen molar-refractivity contribution in [2.45, 2.75) is 40.4 Å². The zero-order valence-electron chi connectivity index (χ0n) is 9.40. The molecule has 0 aliphatic carbocycles. The molecule has 0 saturated carbocycles. The molecule has 0 bridgehead atoms. The maximum Gasteiger partial charge on any atom is 0.516 e. The Kier molecular flexibility index (Phi) is 6.17. The first-order valence-corrected chi connectivity index (χ1v) is 4.68. The highest BCUT2D eigenvalue weighted by Gasteiger charge is 2.16. The van der Waals surface area contributed by atoms with Crippen LogP contribution in [0.2, 0.25) is 0 Å². The summed E-state index contributed by atoms with van der Waals surface area (Å²) in [5.74, 6) is -0.0740. The lowest BCUT2D eigenvalue weighted by atomic mass is 10.5. The first-order chi connectivity index (χ1) is 6.99. The van der Waals surface area contributed by atoms with Gasteiger partial charge in [-0.15, -0.1) is 0 Å². The molecule has 0 radical (unpaired) electrons. The number of esters is 1. The molecular weight excluding hydrogens is 200 g/mol. The average molecular weight is 216 g/mol. The molecule has 0 unspecified atom stereocenters. The molecule has 1 atom stereocenters. The van der Waals surface area contributed by atoms with Crippen LogP contribution in [0.3, 0.4) is 0 Å². The van der Waals surface area contributed by atoms with E-state index in [0.29, 0.717) is 12.2 Å². The monoisotopic (exact) mass is 216 g/mol. The lowest BCUT2D eigenvalue weighted by Crippen LogP contribution is -2.23. The second kappa shape index (κ2) is 6.86. The molecule has 5 heteroatoms. The molecule has 0 spiro atoms. The normalized spacial score (nSPS) is 12.9.